The highest BCUT2D eigenvalue weighted by atomic mass is 35.5. The Morgan fingerprint density at radius 1 is 1.14 bits per heavy atom. The number of nitrogens with one attached hydrogen (secondary N) is 2. The van der Waals surface area contributed by atoms with Crippen LogP contribution in [-0.2, 0) is 9.59 Å². The number of aromatic nitrogens is 2. The van der Waals surface area contributed by atoms with Gasteiger partial charge in [-0.15, -0.1) is 0 Å². The van der Waals surface area contributed by atoms with Gasteiger partial charge in [0, 0.05) is 24.3 Å². The zero-order valence-electron chi connectivity index (χ0n) is 16.3. The topological polar surface area (TPSA) is 76.0 Å². The van der Waals surface area contributed by atoms with Crippen molar-refractivity contribution >= 4 is 46.6 Å². The largest absolute Gasteiger partial charge is 0.325 e. The molecule has 0 aliphatic heterocycles. The van der Waals surface area contributed by atoms with Gasteiger partial charge in [0.25, 0.3) is 0 Å². The number of hydrogen-bond acceptors (Lipinski definition) is 4. The van der Waals surface area contributed by atoms with Gasteiger partial charge in [-0.3, -0.25) is 14.2 Å². The summed E-state index contributed by atoms with van der Waals surface area (Å²) in [5.41, 5.74) is 4.34. The lowest BCUT2D eigenvalue weighted by Gasteiger charge is -2.13. The first-order valence-corrected chi connectivity index (χ1v) is 10.3. The number of imidazole rings is 1. The molecule has 0 bridgehead atoms. The molecule has 0 saturated heterocycles. The number of thioether (sulfide) groups is 1. The molecule has 6 nitrogen and oxygen atoms in total. The van der Waals surface area contributed by atoms with Crippen molar-refractivity contribution in [1.82, 2.24) is 9.55 Å². The molecule has 3 aromatic rings. The molecule has 2 aromatic carbocycles. The standard InChI is InChI=1S/C21H21ClN4O2S/c1-13-5-4-6-19(14(13)2)26-10-9-23-21(26)29-12-20(28)25-18-11-16(22)7-8-17(18)24-15(3)27/h4-11H,12H2,1-3H3,(H,24,27)(H,25,28). The van der Waals surface area contributed by atoms with E-state index in [-0.39, 0.29) is 17.6 Å². The summed E-state index contributed by atoms with van der Waals surface area (Å²) in [5, 5.41) is 6.67. The second-order valence-electron chi connectivity index (χ2n) is 6.51. The molecule has 0 fully saturated rings. The Morgan fingerprint density at radius 3 is 2.69 bits per heavy atom. The SMILES string of the molecule is CC(=O)Nc1ccc(Cl)cc1NC(=O)CSc1nccn1-c1cccc(C)c1C. The van der Waals surface area contributed by atoms with Crippen molar-refractivity contribution in [2.45, 2.75) is 25.9 Å². The van der Waals surface area contributed by atoms with Gasteiger partial charge in [-0.25, -0.2) is 4.98 Å². The third kappa shape index (κ3) is 5.19. The molecular formula is C21H21ClN4O2S. The molecule has 0 saturated carbocycles. The van der Waals surface area contributed by atoms with Crippen LogP contribution in [0.1, 0.15) is 18.1 Å². The monoisotopic (exact) mass is 428 g/mol. The van der Waals surface area contributed by atoms with Crippen molar-refractivity contribution in [3.8, 4) is 5.69 Å². The minimum atomic E-state index is -0.229. The summed E-state index contributed by atoms with van der Waals surface area (Å²) in [6, 6.07) is 11.0. The van der Waals surface area contributed by atoms with Crippen LogP contribution in [0.4, 0.5) is 11.4 Å². The van der Waals surface area contributed by atoms with Crippen LogP contribution in [0.25, 0.3) is 5.69 Å². The summed E-state index contributed by atoms with van der Waals surface area (Å²) in [7, 11) is 0. The fourth-order valence-electron chi connectivity index (χ4n) is 2.81. The quantitative estimate of drug-likeness (QED) is 0.551. The first kappa shape index (κ1) is 21.0. The van der Waals surface area contributed by atoms with Gasteiger partial charge in [-0.05, 0) is 49.2 Å². The van der Waals surface area contributed by atoms with Crippen LogP contribution in [0.5, 0.6) is 0 Å². The fraction of sp³-hybridized carbons (Fsp3) is 0.190. The highest BCUT2D eigenvalue weighted by Crippen LogP contribution is 2.27. The fourth-order valence-corrected chi connectivity index (χ4v) is 3.75. The normalized spacial score (nSPS) is 10.6. The van der Waals surface area contributed by atoms with Gasteiger partial charge in [0.05, 0.1) is 22.8 Å². The molecule has 1 aromatic heterocycles. The maximum atomic E-state index is 12.5. The summed E-state index contributed by atoms with van der Waals surface area (Å²) < 4.78 is 1.97. The third-order valence-corrected chi connectivity index (χ3v) is 5.54. The maximum absolute atomic E-state index is 12.5. The number of nitrogens with zero attached hydrogens (tertiary/aromatic N) is 2. The summed E-state index contributed by atoms with van der Waals surface area (Å²) in [6.45, 7) is 5.53. The Balaban J connectivity index is 1.72. The second kappa shape index (κ2) is 9.15. The first-order valence-electron chi connectivity index (χ1n) is 8.95. The van der Waals surface area contributed by atoms with E-state index in [4.69, 9.17) is 11.6 Å². The molecule has 0 aliphatic rings. The van der Waals surface area contributed by atoms with Crippen molar-refractivity contribution in [1.29, 1.82) is 0 Å². The Labute approximate surface area is 178 Å². The zero-order valence-corrected chi connectivity index (χ0v) is 17.9. The second-order valence-corrected chi connectivity index (χ2v) is 7.89. The lowest BCUT2D eigenvalue weighted by molar-refractivity contribution is -0.115. The molecule has 0 unspecified atom stereocenters. The number of hydrogen-bond donors (Lipinski definition) is 2. The Morgan fingerprint density at radius 2 is 1.93 bits per heavy atom. The van der Waals surface area contributed by atoms with Gasteiger partial charge >= 0.3 is 0 Å². The lowest BCUT2D eigenvalue weighted by Crippen LogP contribution is -2.17. The Bertz CT molecular complexity index is 1060. The smallest absolute Gasteiger partial charge is 0.234 e. The average Bonchev–Trinajstić information content (AvgIpc) is 3.12. The lowest BCUT2D eigenvalue weighted by atomic mass is 10.1. The number of amides is 2. The van der Waals surface area contributed by atoms with Crippen LogP contribution in [0, 0.1) is 13.8 Å². The van der Waals surface area contributed by atoms with E-state index in [1.54, 1.807) is 24.4 Å². The number of anilines is 2. The minimum absolute atomic E-state index is 0.161. The molecule has 2 N–H and O–H groups in total. The van der Waals surface area contributed by atoms with Crippen LogP contribution >= 0.6 is 23.4 Å². The minimum Gasteiger partial charge on any atom is -0.325 e. The van der Waals surface area contributed by atoms with Crippen LogP contribution in [-0.4, -0.2) is 27.1 Å². The van der Waals surface area contributed by atoms with Crippen molar-refractivity contribution in [3.63, 3.8) is 0 Å². The van der Waals surface area contributed by atoms with E-state index in [0.717, 1.165) is 16.4 Å². The zero-order chi connectivity index (χ0) is 21.0. The maximum Gasteiger partial charge on any atom is 0.234 e. The average molecular weight is 429 g/mol. The van der Waals surface area contributed by atoms with Crippen molar-refractivity contribution in [2.24, 2.45) is 0 Å². The number of rotatable bonds is 6. The van der Waals surface area contributed by atoms with Crippen LogP contribution < -0.4 is 10.6 Å². The molecule has 29 heavy (non-hydrogen) atoms. The summed E-state index contributed by atoms with van der Waals surface area (Å²) in [6.07, 6.45) is 3.60. The van der Waals surface area contributed by atoms with E-state index in [2.05, 4.69) is 35.5 Å². The predicted octanol–water partition coefficient (Wildman–Crippen LogP) is 4.83. The molecule has 1 heterocycles. The van der Waals surface area contributed by atoms with Crippen molar-refractivity contribution in [2.75, 3.05) is 16.4 Å². The molecule has 8 heteroatoms. The van der Waals surface area contributed by atoms with E-state index >= 15 is 0 Å². The van der Waals surface area contributed by atoms with Gasteiger partial charge in [-0.2, -0.15) is 0 Å². The summed E-state index contributed by atoms with van der Waals surface area (Å²) >= 11 is 7.36. The van der Waals surface area contributed by atoms with Gasteiger partial charge in [0.2, 0.25) is 11.8 Å². The number of aryl methyl sites for hydroxylation is 1. The van der Waals surface area contributed by atoms with Crippen LogP contribution in [0.15, 0.2) is 53.9 Å². The summed E-state index contributed by atoms with van der Waals surface area (Å²) in [4.78, 5) is 28.3. The number of carbonyl (C=O) groups is 2. The van der Waals surface area contributed by atoms with E-state index in [1.165, 1.54) is 24.2 Å². The molecule has 0 radical (unpaired) electrons. The molecule has 150 valence electrons. The van der Waals surface area contributed by atoms with Crippen molar-refractivity contribution in [3.05, 3.63) is 64.9 Å². The van der Waals surface area contributed by atoms with Gasteiger partial charge < -0.3 is 10.6 Å². The van der Waals surface area contributed by atoms with Crippen LogP contribution in [0.2, 0.25) is 5.02 Å². The van der Waals surface area contributed by atoms with E-state index in [1.807, 2.05) is 22.9 Å². The molecule has 0 atom stereocenters. The number of benzene rings is 2. The van der Waals surface area contributed by atoms with E-state index < -0.39 is 0 Å². The number of carbonyl (C=O) groups excluding carboxylic acids is 2. The van der Waals surface area contributed by atoms with Crippen LogP contribution in [0.3, 0.4) is 0 Å². The van der Waals surface area contributed by atoms with E-state index in [0.29, 0.717) is 16.4 Å². The molecular weight excluding hydrogens is 408 g/mol. The van der Waals surface area contributed by atoms with Gasteiger partial charge in [-0.1, -0.05) is 35.5 Å². The van der Waals surface area contributed by atoms with Crippen molar-refractivity contribution < 1.29 is 9.59 Å². The third-order valence-electron chi connectivity index (χ3n) is 4.34. The summed E-state index contributed by atoms with van der Waals surface area (Å²) in [5.74, 6) is -0.291. The van der Waals surface area contributed by atoms with Gasteiger partial charge in [0.1, 0.15) is 0 Å². The van der Waals surface area contributed by atoms with Gasteiger partial charge in [0.15, 0.2) is 5.16 Å². The first-order chi connectivity index (χ1) is 13.8. The molecule has 2 amide bonds. The van der Waals surface area contributed by atoms with E-state index in [9.17, 15) is 9.59 Å². The molecule has 0 aliphatic carbocycles. The molecule has 3 rings (SSSR count). The number of halogens is 1. The molecule has 0 spiro atoms. The Kier molecular flexibility index (Phi) is 6.61. The highest BCUT2D eigenvalue weighted by molar-refractivity contribution is 7.99. The predicted molar refractivity (Wildman–Crippen MR) is 118 cm³/mol. The highest BCUT2D eigenvalue weighted by Gasteiger charge is 2.13. The Hall–Kier alpha value is -2.77.